The Morgan fingerprint density at radius 1 is 1.41 bits per heavy atom. The van der Waals surface area contributed by atoms with E-state index in [0.29, 0.717) is 12.6 Å². The SMILES string of the molecule is COCC(C)N(C)c1ccc([C@@H](C)O)c(Br)c1. The average Bonchev–Trinajstić information content (AvgIpc) is 2.27. The fraction of sp³-hybridized carbons (Fsp3) is 0.538. The first-order valence-electron chi connectivity index (χ1n) is 5.66. The highest BCUT2D eigenvalue weighted by molar-refractivity contribution is 9.10. The van der Waals surface area contributed by atoms with Crippen LogP contribution in [0.3, 0.4) is 0 Å². The van der Waals surface area contributed by atoms with Crippen LogP contribution in [0, 0.1) is 0 Å². The smallest absolute Gasteiger partial charge is 0.0772 e. The van der Waals surface area contributed by atoms with E-state index in [1.165, 1.54) is 0 Å². The lowest BCUT2D eigenvalue weighted by Gasteiger charge is -2.27. The van der Waals surface area contributed by atoms with Gasteiger partial charge in [-0.1, -0.05) is 22.0 Å². The number of benzene rings is 1. The molecule has 4 heteroatoms. The van der Waals surface area contributed by atoms with Gasteiger partial charge in [0.15, 0.2) is 0 Å². The standard InChI is InChI=1S/C13H20BrNO2/c1-9(8-17-4)15(3)11-5-6-12(10(2)16)13(14)7-11/h5-7,9-10,16H,8H2,1-4H3/t9?,10-/m1/s1. The third kappa shape index (κ3) is 3.69. The lowest BCUT2D eigenvalue weighted by molar-refractivity contribution is 0.183. The van der Waals surface area contributed by atoms with Gasteiger partial charge in [-0.2, -0.15) is 0 Å². The molecule has 0 aliphatic heterocycles. The Morgan fingerprint density at radius 2 is 2.06 bits per heavy atom. The van der Waals surface area contributed by atoms with Crippen molar-refractivity contribution >= 4 is 21.6 Å². The molecule has 2 atom stereocenters. The number of aliphatic hydroxyl groups excluding tert-OH is 1. The molecule has 96 valence electrons. The van der Waals surface area contributed by atoms with Gasteiger partial charge in [0.2, 0.25) is 0 Å². The highest BCUT2D eigenvalue weighted by atomic mass is 79.9. The molecule has 0 saturated carbocycles. The maximum atomic E-state index is 9.56. The monoisotopic (exact) mass is 301 g/mol. The molecule has 0 aliphatic carbocycles. The average molecular weight is 302 g/mol. The van der Waals surface area contributed by atoms with Crippen LogP contribution in [0.15, 0.2) is 22.7 Å². The van der Waals surface area contributed by atoms with Crippen LogP contribution in [0.25, 0.3) is 0 Å². The number of ether oxygens (including phenoxy) is 1. The molecule has 0 spiro atoms. The Kier molecular flexibility index (Phi) is 5.43. The molecule has 0 aromatic heterocycles. The minimum Gasteiger partial charge on any atom is -0.389 e. The third-order valence-electron chi connectivity index (χ3n) is 2.91. The van der Waals surface area contributed by atoms with Crippen LogP contribution >= 0.6 is 15.9 Å². The van der Waals surface area contributed by atoms with Gasteiger partial charge in [-0.15, -0.1) is 0 Å². The highest BCUT2D eigenvalue weighted by Gasteiger charge is 2.12. The van der Waals surface area contributed by atoms with Gasteiger partial charge in [0.05, 0.1) is 12.7 Å². The number of hydrogen-bond donors (Lipinski definition) is 1. The molecule has 3 nitrogen and oxygen atoms in total. The molecule has 0 bridgehead atoms. The Hall–Kier alpha value is -0.580. The number of rotatable bonds is 5. The Balaban J connectivity index is 2.89. The molecule has 1 aromatic carbocycles. The zero-order valence-electron chi connectivity index (χ0n) is 10.8. The lowest BCUT2D eigenvalue weighted by Crippen LogP contribution is -2.32. The van der Waals surface area contributed by atoms with E-state index >= 15 is 0 Å². The van der Waals surface area contributed by atoms with Gasteiger partial charge >= 0.3 is 0 Å². The maximum absolute atomic E-state index is 9.56. The van der Waals surface area contributed by atoms with Crippen molar-refractivity contribution in [1.29, 1.82) is 0 Å². The van der Waals surface area contributed by atoms with Crippen molar-refractivity contribution in [2.75, 3.05) is 25.7 Å². The molecular weight excluding hydrogens is 282 g/mol. The van der Waals surface area contributed by atoms with Crippen LogP contribution in [0.1, 0.15) is 25.5 Å². The van der Waals surface area contributed by atoms with Crippen molar-refractivity contribution < 1.29 is 9.84 Å². The zero-order valence-corrected chi connectivity index (χ0v) is 12.4. The molecule has 0 amide bonds. The summed E-state index contributed by atoms with van der Waals surface area (Å²) < 4.78 is 6.08. The van der Waals surface area contributed by atoms with E-state index in [0.717, 1.165) is 15.7 Å². The third-order valence-corrected chi connectivity index (χ3v) is 3.60. The first-order chi connectivity index (χ1) is 7.97. The molecule has 0 aliphatic rings. The quantitative estimate of drug-likeness (QED) is 0.907. The molecular formula is C13H20BrNO2. The van der Waals surface area contributed by atoms with Crippen LogP contribution in [0.5, 0.6) is 0 Å². The Bertz CT molecular complexity index is 368. The van der Waals surface area contributed by atoms with Gasteiger partial charge in [0, 0.05) is 30.4 Å². The minimum absolute atomic E-state index is 0.310. The van der Waals surface area contributed by atoms with Gasteiger partial charge < -0.3 is 14.7 Å². The van der Waals surface area contributed by atoms with E-state index in [1.807, 2.05) is 25.2 Å². The number of halogens is 1. The molecule has 17 heavy (non-hydrogen) atoms. The molecule has 0 heterocycles. The molecule has 1 N–H and O–H groups in total. The Labute approximate surface area is 112 Å². The van der Waals surface area contributed by atoms with Crippen molar-refractivity contribution in [3.05, 3.63) is 28.2 Å². The summed E-state index contributed by atoms with van der Waals surface area (Å²) in [4.78, 5) is 2.15. The number of hydrogen-bond acceptors (Lipinski definition) is 3. The first kappa shape index (κ1) is 14.5. The van der Waals surface area contributed by atoms with E-state index in [1.54, 1.807) is 14.0 Å². The summed E-state index contributed by atoms with van der Waals surface area (Å²) in [5, 5.41) is 9.56. The summed E-state index contributed by atoms with van der Waals surface area (Å²) in [5.41, 5.74) is 2.01. The Morgan fingerprint density at radius 3 is 2.53 bits per heavy atom. The highest BCUT2D eigenvalue weighted by Crippen LogP contribution is 2.28. The summed E-state index contributed by atoms with van der Waals surface area (Å²) in [5.74, 6) is 0. The van der Waals surface area contributed by atoms with Gasteiger partial charge in [-0.25, -0.2) is 0 Å². The molecule has 0 radical (unpaired) electrons. The predicted molar refractivity (Wildman–Crippen MR) is 74.5 cm³/mol. The van der Waals surface area contributed by atoms with Crippen molar-refractivity contribution in [2.24, 2.45) is 0 Å². The fourth-order valence-corrected chi connectivity index (χ4v) is 2.38. The molecule has 1 aromatic rings. The number of likely N-dealkylation sites (N-methyl/N-ethyl adjacent to an activating group) is 1. The van der Waals surface area contributed by atoms with E-state index in [-0.39, 0.29) is 0 Å². The van der Waals surface area contributed by atoms with Gasteiger partial charge in [-0.05, 0) is 31.5 Å². The van der Waals surface area contributed by atoms with Crippen LogP contribution in [0.2, 0.25) is 0 Å². The maximum Gasteiger partial charge on any atom is 0.0772 e. The van der Waals surface area contributed by atoms with Crippen LogP contribution < -0.4 is 4.90 Å². The second kappa shape index (κ2) is 6.38. The summed E-state index contributed by atoms with van der Waals surface area (Å²) in [7, 11) is 3.74. The van der Waals surface area contributed by atoms with Crippen molar-refractivity contribution in [1.82, 2.24) is 0 Å². The van der Waals surface area contributed by atoms with Gasteiger partial charge in [0.25, 0.3) is 0 Å². The predicted octanol–water partition coefficient (Wildman–Crippen LogP) is 2.97. The van der Waals surface area contributed by atoms with Gasteiger partial charge in [-0.3, -0.25) is 0 Å². The zero-order chi connectivity index (χ0) is 13.0. The van der Waals surface area contributed by atoms with E-state index in [9.17, 15) is 5.11 Å². The van der Waals surface area contributed by atoms with Crippen LogP contribution in [-0.2, 0) is 4.74 Å². The normalized spacial score (nSPS) is 14.5. The second-order valence-corrected chi connectivity index (χ2v) is 5.15. The van der Waals surface area contributed by atoms with Crippen molar-refractivity contribution in [3.8, 4) is 0 Å². The van der Waals surface area contributed by atoms with Crippen molar-refractivity contribution in [2.45, 2.75) is 26.0 Å². The summed E-state index contributed by atoms with van der Waals surface area (Å²) >= 11 is 3.49. The lowest BCUT2D eigenvalue weighted by atomic mass is 10.1. The number of methoxy groups -OCH3 is 1. The number of anilines is 1. The summed E-state index contributed by atoms with van der Waals surface area (Å²) in [6, 6.07) is 6.29. The number of aliphatic hydroxyl groups is 1. The van der Waals surface area contributed by atoms with Crippen molar-refractivity contribution in [3.63, 3.8) is 0 Å². The fourth-order valence-electron chi connectivity index (χ4n) is 1.68. The second-order valence-electron chi connectivity index (χ2n) is 4.30. The summed E-state index contributed by atoms with van der Waals surface area (Å²) in [6.45, 7) is 4.56. The largest absolute Gasteiger partial charge is 0.389 e. The van der Waals surface area contributed by atoms with Crippen LogP contribution in [0.4, 0.5) is 5.69 Å². The van der Waals surface area contributed by atoms with Gasteiger partial charge in [0.1, 0.15) is 0 Å². The van der Waals surface area contributed by atoms with Crippen LogP contribution in [-0.4, -0.2) is 31.9 Å². The topological polar surface area (TPSA) is 32.7 Å². The first-order valence-corrected chi connectivity index (χ1v) is 6.46. The summed E-state index contributed by atoms with van der Waals surface area (Å²) in [6.07, 6.45) is -0.458. The minimum atomic E-state index is -0.458. The van der Waals surface area contributed by atoms with E-state index in [4.69, 9.17) is 4.74 Å². The van der Waals surface area contributed by atoms with E-state index < -0.39 is 6.10 Å². The molecule has 1 rings (SSSR count). The molecule has 1 unspecified atom stereocenters. The number of nitrogens with zero attached hydrogens (tertiary/aromatic N) is 1. The van der Waals surface area contributed by atoms with E-state index in [2.05, 4.69) is 27.8 Å². The molecule has 0 fully saturated rings. The molecule has 0 saturated heterocycles.